The van der Waals surface area contributed by atoms with E-state index in [4.69, 9.17) is 25.8 Å². The van der Waals surface area contributed by atoms with Gasteiger partial charge in [0.2, 0.25) is 15.9 Å². The number of nitrogens with one attached hydrogen (secondary N) is 1. The largest absolute Gasteiger partial charge is 0.495 e. The van der Waals surface area contributed by atoms with Gasteiger partial charge in [0.1, 0.15) is 10.6 Å². The monoisotopic (exact) mass is 532 g/mol. The normalized spacial score (nSPS) is 12.2. The molecule has 1 N–H and O–H groups in total. The number of ether oxygens (including phenoxy) is 3. The van der Waals surface area contributed by atoms with E-state index in [9.17, 15) is 13.2 Å². The zero-order chi connectivity index (χ0) is 26.3. The average Bonchev–Trinajstić information content (AvgIpc) is 2.88. The lowest BCUT2D eigenvalue weighted by Crippen LogP contribution is -2.41. The number of amides is 1. The van der Waals surface area contributed by atoms with Gasteiger partial charge in [-0.15, -0.1) is 0 Å². The summed E-state index contributed by atoms with van der Waals surface area (Å²) in [6.07, 6.45) is 0. The molecule has 36 heavy (non-hydrogen) atoms. The maximum atomic E-state index is 13.7. The fourth-order valence-electron chi connectivity index (χ4n) is 3.66. The summed E-state index contributed by atoms with van der Waals surface area (Å²) in [7, 11) is 0.293. The number of rotatable bonds is 11. The molecule has 10 heteroatoms. The van der Waals surface area contributed by atoms with Crippen molar-refractivity contribution in [3.8, 4) is 17.2 Å². The molecule has 8 nitrogen and oxygen atoms in total. The van der Waals surface area contributed by atoms with Crippen LogP contribution in [0.25, 0.3) is 0 Å². The van der Waals surface area contributed by atoms with Gasteiger partial charge in [0.05, 0.1) is 33.9 Å². The van der Waals surface area contributed by atoms with Crippen molar-refractivity contribution in [2.75, 3.05) is 27.9 Å². The minimum atomic E-state index is -4.15. The first-order valence-electron chi connectivity index (χ1n) is 11.1. The molecule has 192 valence electrons. The standard InChI is InChI=1S/C26H29ClN2O6S/c1-18(20-10-12-22(33-2)24(14-20)35-4)28-26(30)17-29(16-19-8-6-5-7-9-19)36(31,32)25-15-21(27)11-13-23(25)34-3/h5-15,18H,16-17H2,1-4H3,(H,28,30)/t18-/m0/s1. The molecular weight excluding hydrogens is 504 g/mol. The van der Waals surface area contributed by atoms with E-state index in [1.807, 2.05) is 12.1 Å². The Morgan fingerprint density at radius 3 is 2.19 bits per heavy atom. The van der Waals surface area contributed by atoms with E-state index in [0.29, 0.717) is 11.5 Å². The van der Waals surface area contributed by atoms with Crippen LogP contribution in [0, 0.1) is 0 Å². The average molecular weight is 533 g/mol. The van der Waals surface area contributed by atoms with E-state index in [1.165, 1.54) is 26.4 Å². The number of nitrogens with zero attached hydrogens (tertiary/aromatic N) is 1. The minimum absolute atomic E-state index is 0.0169. The lowest BCUT2D eigenvalue weighted by molar-refractivity contribution is -0.122. The first-order chi connectivity index (χ1) is 17.2. The zero-order valence-electron chi connectivity index (χ0n) is 20.5. The van der Waals surface area contributed by atoms with Gasteiger partial charge >= 0.3 is 0 Å². The Morgan fingerprint density at radius 2 is 1.56 bits per heavy atom. The predicted octanol–water partition coefficient (Wildman–Crippen LogP) is 4.43. The molecule has 1 atom stereocenters. The molecule has 0 saturated heterocycles. The number of carbonyl (C=O) groups excluding carboxylic acids is 1. The second kappa shape index (κ2) is 12.1. The van der Waals surface area contributed by atoms with Gasteiger partial charge in [-0.1, -0.05) is 48.0 Å². The van der Waals surface area contributed by atoms with Crippen LogP contribution in [-0.4, -0.2) is 46.5 Å². The van der Waals surface area contributed by atoms with E-state index in [-0.39, 0.29) is 22.2 Å². The Balaban J connectivity index is 1.88. The summed E-state index contributed by atoms with van der Waals surface area (Å²) in [6, 6.07) is 18.3. The molecular formula is C26H29ClN2O6S. The molecule has 0 aliphatic heterocycles. The SMILES string of the molecule is COc1ccc([C@H](C)NC(=O)CN(Cc2ccccc2)S(=O)(=O)c2cc(Cl)ccc2OC)cc1OC. The molecule has 0 saturated carbocycles. The van der Waals surface area contributed by atoms with Crippen LogP contribution in [0.3, 0.4) is 0 Å². The zero-order valence-corrected chi connectivity index (χ0v) is 22.1. The predicted molar refractivity (Wildman–Crippen MR) is 138 cm³/mol. The van der Waals surface area contributed by atoms with E-state index in [2.05, 4.69) is 5.32 Å². The lowest BCUT2D eigenvalue weighted by Gasteiger charge is -2.24. The summed E-state index contributed by atoms with van der Waals surface area (Å²) >= 11 is 6.10. The highest BCUT2D eigenvalue weighted by Crippen LogP contribution is 2.31. The number of benzene rings is 3. The molecule has 0 aliphatic rings. The Morgan fingerprint density at radius 1 is 0.917 bits per heavy atom. The summed E-state index contributed by atoms with van der Waals surface area (Å²) in [6.45, 7) is 1.37. The maximum absolute atomic E-state index is 13.7. The number of sulfonamides is 1. The Labute approximate surface area is 216 Å². The van der Waals surface area contributed by atoms with Gasteiger partial charge in [-0.2, -0.15) is 4.31 Å². The highest BCUT2D eigenvalue weighted by molar-refractivity contribution is 7.89. The molecule has 0 heterocycles. The third kappa shape index (κ3) is 6.48. The van der Waals surface area contributed by atoms with Crippen LogP contribution in [0.1, 0.15) is 24.1 Å². The van der Waals surface area contributed by atoms with Gasteiger partial charge in [0.25, 0.3) is 0 Å². The van der Waals surface area contributed by atoms with Crippen LogP contribution in [0.4, 0.5) is 0 Å². The summed E-state index contributed by atoms with van der Waals surface area (Å²) in [5.74, 6) is 0.752. The van der Waals surface area contributed by atoms with Gasteiger partial charge in [-0.05, 0) is 48.4 Å². The van der Waals surface area contributed by atoms with Crippen LogP contribution in [0.2, 0.25) is 5.02 Å². The van der Waals surface area contributed by atoms with Crippen molar-refractivity contribution < 1.29 is 27.4 Å². The van der Waals surface area contributed by atoms with Gasteiger partial charge in [0, 0.05) is 11.6 Å². The highest BCUT2D eigenvalue weighted by Gasteiger charge is 2.30. The molecule has 3 aromatic rings. The molecule has 0 unspecified atom stereocenters. The fourth-order valence-corrected chi connectivity index (χ4v) is 5.46. The summed E-state index contributed by atoms with van der Waals surface area (Å²) in [4.78, 5) is 13.0. The van der Waals surface area contributed by atoms with Crippen LogP contribution in [0.5, 0.6) is 17.2 Å². The summed E-state index contributed by atoms with van der Waals surface area (Å²) in [5.41, 5.74) is 1.50. The van der Waals surface area contributed by atoms with E-state index < -0.39 is 28.5 Å². The summed E-state index contributed by atoms with van der Waals surface area (Å²) < 4.78 is 44.4. The van der Waals surface area contributed by atoms with Crippen molar-refractivity contribution in [1.29, 1.82) is 0 Å². The molecule has 0 bridgehead atoms. The molecule has 3 aromatic carbocycles. The lowest BCUT2D eigenvalue weighted by atomic mass is 10.1. The number of carbonyl (C=O) groups is 1. The quantitative estimate of drug-likeness (QED) is 0.392. The van der Waals surface area contributed by atoms with E-state index in [1.54, 1.807) is 56.5 Å². The summed E-state index contributed by atoms with van der Waals surface area (Å²) in [5, 5.41) is 3.10. The first-order valence-corrected chi connectivity index (χ1v) is 12.9. The second-order valence-corrected chi connectivity index (χ2v) is 10.3. The topological polar surface area (TPSA) is 94.2 Å². The molecule has 0 fully saturated rings. The molecule has 0 radical (unpaired) electrons. The Hall–Kier alpha value is -3.27. The molecule has 3 rings (SSSR count). The highest BCUT2D eigenvalue weighted by atomic mass is 35.5. The molecule has 0 aromatic heterocycles. The van der Waals surface area contributed by atoms with Gasteiger partial charge < -0.3 is 19.5 Å². The second-order valence-electron chi connectivity index (χ2n) is 7.96. The molecule has 1 amide bonds. The van der Waals surface area contributed by atoms with Gasteiger partial charge in [-0.3, -0.25) is 4.79 Å². The molecule has 0 aliphatic carbocycles. The number of hydrogen-bond donors (Lipinski definition) is 1. The van der Waals surface area contributed by atoms with Crippen LogP contribution in [-0.2, 0) is 21.4 Å². The third-order valence-corrected chi connectivity index (χ3v) is 7.60. The first kappa shape index (κ1) is 27.3. The van der Waals surface area contributed by atoms with Crippen LogP contribution < -0.4 is 19.5 Å². The van der Waals surface area contributed by atoms with Crippen molar-refractivity contribution in [1.82, 2.24) is 9.62 Å². The van der Waals surface area contributed by atoms with E-state index in [0.717, 1.165) is 15.4 Å². The van der Waals surface area contributed by atoms with Crippen molar-refractivity contribution in [2.45, 2.75) is 24.4 Å². The van der Waals surface area contributed by atoms with Crippen molar-refractivity contribution in [3.05, 3.63) is 82.9 Å². The van der Waals surface area contributed by atoms with Gasteiger partial charge in [-0.25, -0.2) is 8.42 Å². The minimum Gasteiger partial charge on any atom is -0.495 e. The number of hydrogen-bond acceptors (Lipinski definition) is 6. The van der Waals surface area contributed by atoms with Crippen LogP contribution >= 0.6 is 11.6 Å². The smallest absolute Gasteiger partial charge is 0.247 e. The number of halogens is 1. The third-order valence-electron chi connectivity index (χ3n) is 5.55. The van der Waals surface area contributed by atoms with E-state index >= 15 is 0 Å². The number of methoxy groups -OCH3 is 3. The van der Waals surface area contributed by atoms with Crippen molar-refractivity contribution >= 4 is 27.5 Å². The fraction of sp³-hybridized carbons (Fsp3) is 0.269. The van der Waals surface area contributed by atoms with Gasteiger partial charge in [0.15, 0.2) is 11.5 Å². The van der Waals surface area contributed by atoms with Crippen molar-refractivity contribution in [2.24, 2.45) is 0 Å². The van der Waals surface area contributed by atoms with Crippen molar-refractivity contribution in [3.63, 3.8) is 0 Å². The Bertz CT molecular complexity index is 1300. The Kier molecular flexibility index (Phi) is 9.19. The van der Waals surface area contributed by atoms with Crippen LogP contribution in [0.15, 0.2) is 71.6 Å². The molecule has 0 spiro atoms. The maximum Gasteiger partial charge on any atom is 0.247 e.